The van der Waals surface area contributed by atoms with Gasteiger partial charge in [0.2, 0.25) is 0 Å². The summed E-state index contributed by atoms with van der Waals surface area (Å²) >= 11 is 0. The average Bonchev–Trinajstić information content (AvgIpc) is 2.49. The molecule has 8 heteroatoms. The molecule has 0 aromatic carbocycles. The number of aliphatic imine (C=N–C) groups is 1. The van der Waals surface area contributed by atoms with Crippen molar-refractivity contribution in [2.75, 3.05) is 45.8 Å². The van der Waals surface area contributed by atoms with Crippen LogP contribution in [0.15, 0.2) is 4.99 Å². The maximum Gasteiger partial charge on any atom is 0.407 e. The Morgan fingerprint density at radius 3 is 2.16 bits per heavy atom. The van der Waals surface area contributed by atoms with Gasteiger partial charge in [-0.05, 0) is 53.8 Å². The number of halogens is 1. The third-order valence-corrected chi connectivity index (χ3v) is 3.23. The first kappa shape index (κ1) is 26.5. The van der Waals surface area contributed by atoms with Crippen molar-refractivity contribution in [1.29, 1.82) is 0 Å². The van der Waals surface area contributed by atoms with E-state index in [0.29, 0.717) is 13.1 Å². The number of guanidine groups is 1. The van der Waals surface area contributed by atoms with Crippen LogP contribution in [0.5, 0.6) is 0 Å². The molecule has 1 amide bonds. The van der Waals surface area contributed by atoms with Crippen LogP contribution in [0.3, 0.4) is 0 Å². The summed E-state index contributed by atoms with van der Waals surface area (Å²) in [6.45, 7) is 17.8. The molecule has 3 N–H and O–H groups in total. The van der Waals surface area contributed by atoms with Crippen molar-refractivity contribution in [2.45, 2.75) is 53.6 Å². The number of rotatable bonds is 10. The topological polar surface area (TPSA) is 78.0 Å². The summed E-state index contributed by atoms with van der Waals surface area (Å²) in [7, 11) is 0. The second-order valence-corrected chi connectivity index (χ2v) is 6.50. The monoisotopic (exact) mass is 471 g/mol. The first-order chi connectivity index (χ1) is 11.3. The van der Waals surface area contributed by atoms with Crippen molar-refractivity contribution in [1.82, 2.24) is 20.9 Å². The van der Waals surface area contributed by atoms with E-state index in [1.165, 1.54) is 0 Å². The molecule has 0 aromatic rings. The summed E-state index contributed by atoms with van der Waals surface area (Å²) in [5.74, 6) is 0.781. The molecule has 0 atom stereocenters. The Morgan fingerprint density at radius 1 is 1.04 bits per heavy atom. The number of amides is 1. The van der Waals surface area contributed by atoms with Gasteiger partial charge in [-0.1, -0.05) is 13.8 Å². The molecule has 0 heterocycles. The van der Waals surface area contributed by atoms with Gasteiger partial charge in [0.15, 0.2) is 5.96 Å². The molecule has 0 saturated carbocycles. The first-order valence-corrected chi connectivity index (χ1v) is 9.03. The summed E-state index contributed by atoms with van der Waals surface area (Å²) in [5.41, 5.74) is -0.473. The molecule has 0 bridgehead atoms. The van der Waals surface area contributed by atoms with Crippen LogP contribution in [-0.2, 0) is 4.74 Å². The lowest BCUT2D eigenvalue weighted by molar-refractivity contribution is 0.0529. The molecule has 0 aliphatic rings. The van der Waals surface area contributed by atoms with E-state index in [9.17, 15) is 4.79 Å². The van der Waals surface area contributed by atoms with Crippen molar-refractivity contribution < 1.29 is 9.53 Å². The van der Waals surface area contributed by atoms with Gasteiger partial charge in [0, 0.05) is 26.2 Å². The fourth-order valence-electron chi connectivity index (χ4n) is 2.03. The van der Waals surface area contributed by atoms with E-state index in [1.54, 1.807) is 0 Å². The van der Waals surface area contributed by atoms with Gasteiger partial charge in [0.1, 0.15) is 5.60 Å². The van der Waals surface area contributed by atoms with E-state index in [2.05, 4.69) is 39.7 Å². The zero-order valence-electron chi connectivity index (χ0n) is 16.8. The SMILES string of the molecule is CCNC(=NCCCN(CC)CC)NCCNC(=O)OC(C)(C)C.I. The van der Waals surface area contributed by atoms with E-state index in [4.69, 9.17) is 4.74 Å². The Balaban J connectivity index is 0. The highest BCUT2D eigenvalue weighted by Gasteiger charge is 2.15. The molecule has 0 aliphatic heterocycles. The highest BCUT2D eigenvalue weighted by atomic mass is 127. The van der Waals surface area contributed by atoms with Crippen LogP contribution in [-0.4, -0.2) is 68.4 Å². The standard InChI is InChI=1S/C17H37N5O2.HI/c1-7-18-15(19-11-10-14-22(8-2)9-3)20-12-13-21-16(23)24-17(4,5)6;/h7-14H2,1-6H3,(H,21,23)(H2,18,19,20);1H. The molecule has 0 spiro atoms. The normalized spacial score (nSPS) is 11.7. The zero-order valence-corrected chi connectivity index (χ0v) is 19.1. The molecule has 25 heavy (non-hydrogen) atoms. The minimum atomic E-state index is -0.473. The molecule has 0 unspecified atom stereocenters. The smallest absolute Gasteiger partial charge is 0.407 e. The molecule has 0 saturated heterocycles. The Hall–Kier alpha value is -0.770. The number of nitrogens with zero attached hydrogens (tertiary/aromatic N) is 2. The van der Waals surface area contributed by atoms with Gasteiger partial charge in [-0.3, -0.25) is 4.99 Å². The predicted molar refractivity (Wildman–Crippen MR) is 116 cm³/mol. The summed E-state index contributed by atoms with van der Waals surface area (Å²) in [5, 5.41) is 9.14. The molecule has 0 radical (unpaired) electrons. The minimum Gasteiger partial charge on any atom is -0.444 e. The van der Waals surface area contributed by atoms with E-state index in [-0.39, 0.29) is 24.0 Å². The highest BCUT2D eigenvalue weighted by Crippen LogP contribution is 2.05. The van der Waals surface area contributed by atoms with Crippen LogP contribution in [0.1, 0.15) is 48.0 Å². The molecule has 7 nitrogen and oxygen atoms in total. The van der Waals surface area contributed by atoms with Gasteiger partial charge >= 0.3 is 6.09 Å². The summed E-state index contributed by atoms with van der Waals surface area (Å²) in [6.07, 6.45) is 0.638. The number of hydrogen-bond acceptors (Lipinski definition) is 4. The maximum absolute atomic E-state index is 11.5. The second-order valence-electron chi connectivity index (χ2n) is 6.50. The quantitative estimate of drug-likeness (QED) is 0.198. The van der Waals surface area contributed by atoms with Crippen LogP contribution < -0.4 is 16.0 Å². The Kier molecular flexibility index (Phi) is 16.4. The van der Waals surface area contributed by atoms with E-state index in [0.717, 1.165) is 45.1 Å². The van der Waals surface area contributed by atoms with Gasteiger partial charge in [0.25, 0.3) is 0 Å². The van der Waals surface area contributed by atoms with Crippen LogP contribution in [0.25, 0.3) is 0 Å². The van der Waals surface area contributed by atoms with E-state index < -0.39 is 11.7 Å². The molecule has 0 rings (SSSR count). The molecule has 0 fully saturated rings. The molecule has 0 aromatic heterocycles. The molecular formula is C17H38IN5O2. The minimum absolute atomic E-state index is 0. The highest BCUT2D eigenvalue weighted by molar-refractivity contribution is 14.0. The zero-order chi connectivity index (χ0) is 18.4. The maximum atomic E-state index is 11.5. The van der Waals surface area contributed by atoms with Gasteiger partial charge in [-0.2, -0.15) is 0 Å². The average molecular weight is 471 g/mol. The van der Waals surface area contributed by atoms with Crippen molar-refractivity contribution in [2.24, 2.45) is 4.99 Å². The fraction of sp³-hybridized carbons (Fsp3) is 0.882. The number of ether oxygens (including phenoxy) is 1. The van der Waals surface area contributed by atoms with Crippen LogP contribution in [0, 0.1) is 0 Å². The Morgan fingerprint density at radius 2 is 1.64 bits per heavy atom. The van der Waals surface area contributed by atoms with Gasteiger partial charge in [0.05, 0.1) is 0 Å². The van der Waals surface area contributed by atoms with E-state index in [1.807, 2.05) is 27.7 Å². The number of alkyl carbamates (subject to hydrolysis) is 1. The van der Waals surface area contributed by atoms with Crippen molar-refractivity contribution >= 4 is 36.0 Å². The van der Waals surface area contributed by atoms with Crippen molar-refractivity contribution in [3.63, 3.8) is 0 Å². The largest absolute Gasteiger partial charge is 0.444 e. The lowest BCUT2D eigenvalue weighted by Gasteiger charge is -2.20. The number of hydrogen-bond donors (Lipinski definition) is 3. The third-order valence-electron chi connectivity index (χ3n) is 3.23. The lowest BCUT2D eigenvalue weighted by atomic mass is 10.2. The van der Waals surface area contributed by atoms with Crippen LogP contribution in [0.4, 0.5) is 4.79 Å². The first-order valence-electron chi connectivity index (χ1n) is 9.03. The fourth-order valence-corrected chi connectivity index (χ4v) is 2.03. The summed E-state index contributed by atoms with van der Waals surface area (Å²) in [6, 6.07) is 0. The van der Waals surface area contributed by atoms with Crippen LogP contribution >= 0.6 is 24.0 Å². The number of carbonyl (C=O) groups excluding carboxylic acids is 1. The summed E-state index contributed by atoms with van der Waals surface area (Å²) in [4.78, 5) is 18.5. The van der Waals surface area contributed by atoms with E-state index >= 15 is 0 Å². The van der Waals surface area contributed by atoms with Crippen molar-refractivity contribution in [3.8, 4) is 0 Å². The lowest BCUT2D eigenvalue weighted by Crippen LogP contribution is -2.42. The van der Waals surface area contributed by atoms with Crippen molar-refractivity contribution in [3.05, 3.63) is 0 Å². The van der Waals surface area contributed by atoms with Gasteiger partial charge in [-0.25, -0.2) is 4.79 Å². The van der Waals surface area contributed by atoms with Gasteiger partial charge in [-0.15, -0.1) is 24.0 Å². The summed E-state index contributed by atoms with van der Waals surface area (Å²) < 4.78 is 5.19. The molecule has 150 valence electrons. The molecule has 0 aliphatic carbocycles. The third kappa shape index (κ3) is 16.4. The van der Waals surface area contributed by atoms with Crippen LogP contribution in [0.2, 0.25) is 0 Å². The Labute approximate surface area is 170 Å². The van der Waals surface area contributed by atoms with Gasteiger partial charge < -0.3 is 25.6 Å². The predicted octanol–water partition coefficient (Wildman–Crippen LogP) is 2.42. The molecular weight excluding hydrogens is 433 g/mol. The Bertz CT molecular complexity index is 369. The second kappa shape index (κ2) is 15.5. The number of nitrogens with one attached hydrogen (secondary N) is 3. The number of carbonyl (C=O) groups is 1.